The monoisotopic (exact) mass is 425 g/mol. The number of piperidine rings is 1. The SMILES string of the molecule is COc1ccc(S(=O)(=O)N2CCC(C(=O)N=c3sccn3C)CC2)cc1OC. The predicted octanol–water partition coefficient (Wildman–Crippen LogP) is 1.63. The quantitative estimate of drug-likeness (QED) is 0.726. The fourth-order valence-electron chi connectivity index (χ4n) is 3.09. The van der Waals surface area contributed by atoms with Crippen molar-refractivity contribution < 1.29 is 22.7 Å². The second kappa shape index (κ2) is 8.46. The normalized spacial score (nSPS) is 16.9. The molecular formula is C18H23N3O5S2. The summed E-state index contributed by atoms with van der Waals surface area (Å²) < 4.78 is 39.5. The number of ether oxygens (including phenoxy) is 2. The zero-order chi connectivity index (χ0) is 20.3. The molecule has 2 aromatic rings. The van der Waals surface area contributed by atoms with Gasteiger partial charge in [-0.3, -0.25) is 4.79 Å². The van der Waals surface area contributed by atoms with Gasteiger partial charge in [0.05, 0.1) is 19.1 Å². The minimum atomic E-state index is -3.67. The van der Waals surface area contributed by atoms with Crippen LogP contribution >= 0.6 is 11.3 Å². The molecule has 10 heteroatoms. The van der Waals surface area contributed by atoms with Crippen molar-refractivity contribution >= 4 is 27.3 Å². The summed E-state index contributed by atoms with van der Waals surface area (Å²) in [5, 5.41) is 1.87. The summed E-state index contributed by atoms with van der Waals surface area (Å²) in [6.07, 6.45) is 2.74. The Morgan fingerprint density at radius 3 is 2.43 bits per heavy atom. The fraction of sp³-hybridized carbons (Fsp3) is 0.444. The molecule has 1 aromatic heterocycles. The van der Waals surface area contributed by atoms with Gasteiger partial charge in [-0.2, -0.15) is 9.30 Å². The zero-order valence-electron chi connectivity index (χ0n) is 16.0. The lowest BCUT2D eigenvalue weighted by molar-refractivity contribution is -0.122. The molecule has 1 saturated heterocycles. The number of hydrogen-bond acceptors (Lipinski definition) is 6. The summed E-state index contributed by atoms with van der Waals surface area (Å²) in [7, 11) is 1.12. The Hall–Kier alpha value is -2.17. The molecule has 1 amide bonds. The molecule has 1 fully saturated rings. The number of rotatable bonds is 5. The van der Waals surface area contributed by atoms with Crippen LogP contribution < -0.4 is 14.3 Å². The smallest absolute Gasteiger partial charge is 0.251 e. The number of aryl methyl sites for hydroxylation is 1. The molecule has 0 atom stereocenters. The molecular weight excluding hydrogens is 402 g/mol. The third-order valence-corrected chi connectivity index (χ3v) is 7.50. The molecule has 3 rings (SSSR count). The van der Waals surface area contributed by atoms with Gasteiger partial charge in [0, 0.05) is 43.7 Å². The van der Waals surface area contributed by atoms with Gasteiger partial charge in [0.2, 0.25) is 10.0 Å². The molecule has 1 aliphatic rings. The third-order valence-electron chi connectivity index (χ3n) is 4.76. The van der Waals surface area contributed by atoms with E-state index in [4.69, 9.17) is 9.47 Å². The highest BCUT2D eigenvalue weighted by molar-refractivity contribution is 7.89. The summed E-state index contributed by atoms with van der Waals surface area (Å²) in [5.41, 5.74) is 0. The molecule has 0 unspecified atom stereocenters. The van der Waals surface area contributed by atoms with Gasteiger partial charge in [-0.25, -0.2) is 8.42 Å². The van der Waals surface area contributed by atoms with E-state index in [1.54, 1.807) is 10.6 Å². The summed E-state index contributed by atoms with van der Waals surface area (Å²) in [6.45, 7) is 0.554. The Balaban J connectivity index is 1.72. The molecule has 0 radical (unpaired) electrons. The standard InChI is InChI=1S/C18H23N3O5S2/c1-20-10-11-27-18(20)19-17(22)13-6-8-21(9-7-13)28(23,24)14-4-5-15(25-2)16(12-14)26-3/h4-5,10-13H,6-9H2,1-3H3. The van der Waals surface area contributed by atoms with E-state index in [0.29, 0.717) is 29.1 Å². The second-order valence-corrected chi connectivity index (χ2v) is 9.25. The van der Waals surface area contributed by atoms with E-state index >= 15 is 0 Å². The van der Waals surface area contributed by atoms with Gasteiger partial charge in [-0.1, -0.05) is 0 Å². The van der Waals surface area contributed by atoms with Gasteiger partial charge < -0.3 is 14.0 Å². The average molecular weight is 426 g/mol. The maximum Gasteiger partial charge on any atom is 0.251 e. The highest BCUT2D eigenvalue weighted by Gasteiger charge is 2.32. The van der Waals surface area contributed by atoms with Crippen molar-refractivity contribution in [3.05, 3.63) is 34.6 Å². The highest BCUT2D eigenvalue weighted by atomic mass is 32.2. The van der Waals surface area contributed by atoms with Gasteiger partial charge in [0.25, 0.3) is 5.91 Å². The molecule has 0 aliphatic carbocycles. The van der Waals surface area contributed by atoms with Crippen molar-refractivity contribution in [1.29, 1.82) is 0 Å². The van der Waals surface area contributed by atoms with Gasteiger partial charge >= 0.3 is 0 Å². The van der Waals surface area contributed by atoms with E-state index in [0.717, 1.165) is 0 Å². The molecule has 28 heavy (non-hydrogen) atoms. The summed E-state index contributed by atoms with van der Waals surface area (Å²) in [6, 6.07) is 4.53. The fourth-order valence-corrected chi connectivity index (χ4v) is 5.31. The van der Waals surface area contributed by atoms with Crippen LogP contribution in [0.1, 0.15) is 12.8 Å². The molecule has 0 spiro atoms. The second-order valence-electron chi connectivity index (χ2n) is 6.44. The number of sulfonamides is 1. The number of nitrogens with zero attached hydrogens (tertiary/aromatic N) is 3. The van der Waals surface area contributed by atoms with Crippen molar-refractivity contribution in [2.45, 2.75) is 17.7 Å². The number of amides is 1. The number of aromatic nitrogens is 1. The van der Waals surface area contributed by atoms with Gasteiger partial charge in [0.15, 0.2) is 16.3 Å². The number of thiazole rings is 1. The molecule has 0 bridgehead atoms. The van der Waals surface area contributed by atoms with Crippen LogP contribution in [-0.2, 0) is 21.9 Å². The van der Waals surface area contributed by atoms with Crippen molar-refractivity contribution in [2.75, 3.05) is 27.3 Å². The van der Waals surface area contributed by atoms with Crippen LogP contribution in [0.15, 0.2) is 39.7 Å². The molecule has 8 nitrogen and oxygen atoms in total. The van der Waals surface area contributed by atoms with Crippen LogP contribution in [0.3, 0.4) is 0 Å². The molecule has 2 heterocycles. The molecule has 0 saturated carbocycles. The van der Waals surface area contributed by atoms with Gasteiger partial charge in [0.1, 0.15) is 0 Å². The maximum absolute atomic E-state index is 13.0. The van der Waals surface area contributed by atoms with Crippen molar-refractivity contribution in [3.8, 4) is 11.5 Å². The summed E-state index contributed by atoms with van der Waals surface area (Å²) >= 11 is 1.40. The Kier molecular flexibility index (Phi) is 6.21. The minimum absolute atomic E-state index is 0.144. The average Bonchev–Trinajstić information content (AvgIpc) is 3.11. The lowest BCUT2D eigenvalue weighted by Gasteiger charge is -2.29. The van der Waals surface area contributed by atoms with E-state index < -0.39 is 10.0 Å². The first kappa shape index (κ1) is 20.6. The Labute approximate surface area is 168 Å². The molecule has 1 aromatic carbocycles. The first-order valence-electron chi connectivity index (χ1n) is 8.77. The van der Waals surface area contributed by atoms with Gasteiger partial charge in [-0.15, -0.1) is 11.3 Å². The zero-order valence-corrected chi connectivity index (χ0v) is 17.6. The lowest BCUT2D eigenvalue weighted by Crippen LogP contribution is -2.40. The lowest BCUT2D eigenvalue weighted by atomic mass is 9.98. The molecule has 0 N–H and O–H groups in total. The Morgan fingerprint density at radius 1 is 1.18 bits per heavy atom. The number of methoxy groups -OCH3 is 2. The van der Waals surface area contributed by atoms with Crippen LogP contribution in [0.25, 0.3) is 0 Å². The van der Waals surface area contributed by atoms with Crippen LogP contribution in [0.5, 0.6) is 11.5 Å². The molecule has 1 aliphatic heterocycles. The van der Waals surface area contributed by atoms with Crippen LogP contribution in [-0.4, -0.2) is 50.5 Å². The first-order chi connectivity index (χ1) is 13.4. The number of hydrogen-bond donors (Lipinski definition) is 0. The topological polar surface area (TPSA) is 90.2 Å². The van der Waals surface area contributed by atoms with Crippen LogP contribution in [0, 0.1) is 5.92 Å². The number of benzene rings is 1. The minimum Gasteiger partial charge on any atom is -0.493 e. The van der Waals surface area contributed by atoms with E-state index in [1.165, 1.54) is 42.0 Å². The van der Waals surface area contributed by atoms with E-state index in [-0.39, 0.29) is 29.8 Å². The van der Waals surface area contributed by atoms with Crippen LogP contribution in [0.2, 0.25) is 0 Å². The highest BCUT2D eigenvalue weighted by Crippen LogP contribution is 2.32. The van der Waals surface area contributed by atoms with E-state index in [2.05, 4.69) is 4.99 Å². The largest absolute Gasteiger partial charge is 0.493 e. The van der Waals surface area contributed by atoms with E-state index in [1.807, 2.05) is 18.6 Å². The summed E-state index contributed by atoms with van der Waals surface area (Å²) in [5.74, 6) is 0.366. The summed E-state index contributed by atoms with van der Waals surface area (Å²) in [4.78, 5) is 17.4. The number of carbonyl (C=O) groups excluding carboxylic acids is 1. The van der Waals surface area contributed by atoms with Gasteiger partial charge in [-0.05, 0) is 25.0 Å². The van der Waals surface area contributed by atoms with Crippen molar-refractivity contribution in [2.24, 2.45) is 18.0 Å². The van der Waals surface area contributed by atoms with Crippen LogP contribution in [0.4, 0.5) is 0 Å². The number of carbonyl (C=O) groups is 1. The maximum atomic E-state index is 13.0. The van der Waals surface area contributed by atoms with Crippen molar-refractivity contribution in [1.82, 2.24) is 8.87 Å². The van der Waals surface area contributed by atoms with Crippen molar-refractivity contribution in [3.63, 3.8) is 0 Å². The Bertz CT molecular complexity index is 1020. The first-order valence-corrected chi connectivity index (χ1v) is 11.1. The Morgan fingerprint density at radius 2 is 1.86 bits per heavy atom. The van der Waals surface area contributed by atoms with E-state index in [9.17, 15) is 13.2 Å². The predicted molar refractivity (Wildman–Crippen MR) is 105 cm³/mol. The molecule has 152 valence electrons. The third kappa shape index (κ3) is 4.13.